The topological polar surface area (TPSA) is 37.8 Å². The summed E-state index contributed by atoms with van der Waals surface area (Å²) in [5.41, 5.74) is 1.86. The Kier molecular flexibility index (Phi) is 3.18. The van der Waals surface area contributed by atoms with Crippen molar-refractivity contribution in [1.82, 2.24) is 9.97 Å². The molecule has 0 saturated heterocycles. The zero-order valence-corrected chi connectivity index (χ0v) is 9.77. The van der Waals surface area contributed by atoms with E-state index in [0.717, 1.165) is 16.4 Å². The van der Waals surface area contributed by atoms with Crippen LogP contribution in [0.4, 0.5) is 5.69 Å². The van der Waals surface area contributed by atoms with E-state index in [9.17, 15) is 0 Å². The van der Waals surface area contributed by atoms with Gasteiger partial charge in [-0.15, -0.1) is 11.3 Å². The van der Waals surface area contributed by atoms with Crippen LogP contribution in [0.15, 0.2) is 23.7 Å². The molecule has 1 N–H and O–H groups in total. The molecular formula is C10H10ClN3S. The first-order valence-corrected chi connectivity index (χ1v) is 5.77. The molecule has 0 aliphatic heterocycles. The Balaban J connectivity index is 2.02. The number of aryl methyl sites for hydroxylation is 1. The molecule has 2 heterocycles. The van der Waals surface area contributed by atoms with Gasteiger partial charge in [0.15, 0.2) is 5.15 Å². The molecule has 0 atom stereocenters. The van der Waals surface area contributed by atoms with Crippen molar-refractivity contribution in [3.05, 3.63) is 39.6 Å². The predicted octanol–water partition coefficient (Wildman–Crippen LogP) is 3.11. The highest BCUT2D eigenvalue weighted by molar-refractivity contribution is 7.09. The standard InChI is InChI=1S/C10H10ClN3S/c1-7-14-8(6-15-7)5-13-9-3-2-4-12-10(9)11/h2-4,6,13H,5H2,1H3. The van der Waals surface area contributed by atoms with E-state index in [1.165, 1.54) is 0 Å². The first-order chi connectivity index (χ1) is 7.25. The Morgan fingerprint density at radius 3 is 3.07 bits per heavy atom. The van der Waals surface area contributed by atoms with Crippen molar-refractivity contribution in [3.63, 3.8) is 0 Å². The molecule has 0 aromatic carbocycles. The quantitative estimate of drug-likeness (QED) is 0.837. The summed E-state index contributed by atoms with van der Waals surface area (Å²) < 4.78 is 0. The fourth-order valence-corrected chi connectivity index (χ4v) is 1.99. The maximum absolute atomic E-state index is 5.90. The minimum absolute atomic E-state index is 0.490. The lowest BCUT2D eigenvalue weighted by Crippen LogP contribution is -2.00. The molecule has 0 aliphatic rings. The Morgan fingerprint density at radius 2 is 2.40 bits per heavy atom. The van der Waals surface area contributed by atoms with E-state index in [0.29, 0.717) is 11.7 Å². The third kappa shape index (κ3) is 2.67. The van der Waals surface area contributed by atoms with Gasteiger partial charge in [0.1, 0.15) is 0 Å². The van der Waals surface area contributed by atoms with Gasteiger partial charge in [-0.25, -0.2) is 9.97 Å². The maximum atomic E-state index is 5.90. The second kappa shape index (κ2) is 4.59. The molecule has 2 aromatic rings. The van der Waals surface area contributed by atoms with Crippen LogP contribution in [0.25, 0.3) is 0 Å². The van der Waals surface area contributed by atoms with Gasteiger partial charge in [-0.05, 0) is 19.1 Å². The van der Waals surface area contributed by atoms with Crippen LogP contribution in [-0.2, 0) is 6.54 Å². The molecule has 0 amide bonds. The average Bonchev–Trinajstić information content (AvgIpc) is 2.63. The summed E-state index contributed by atoms with van der Waals surface area (Å²) in [6, 6.07) is 3.75. The first-order valence-electron chi connectivity index (χ1n) is 4.51. The highest BCUT2D eigenvalue weighted by atomic mass is 35.5. The molecule has 0 spiro atoms. The van der Waals surface area contributed by atoms with Crippen molar-refractivity contribution >= 4 is 28.6 Å². The van der Waals surface area contributed by atoms with Gasteiger partial charge < -0.3 is 5.32 Å². The Morgan fingerprint density at radius 1 is 1.53 bits per heavy atom. The molecule has 78 valence electrons. The molecule has 2 aromatic heterocycles. The predicted molar refractivity (Wildman–Crippen MR) is 63.4 cm³/mol. The second-order valence-corrected chi connectivity index (χ2v) is 4.47. The van der Waals surface area contributed by atoms with Gasteiger partial charge in [0.2, 0.25) is 0 Å². The molecule has 0 aliphatic carbocycles. The Labute approximate surface area is 97.2 Å². The van der Waals surface area contributed by atoms with Crippen LogP contribution in [0.1, 0.15) is 10.7 Å². The van der Waals surface area contributed by atoms with E-state index in [1.807, 2.05) is 24.4 Å². The molecule has 0 unspecified atom stereocenters. The van der Waals surface area contributed by atoms with Crippen molar-refractivity contribution in [1.29, 1.82) is 0 Å². The van der Waals surface area contributed by atoms with Crippen molar-refractivity contribution in [2.45, 2.75) is 13.5 Å². The molecule has 15 heavy (non-hydrogen) atoms. The van der Waals surface area contributed by atoms with Gasteiger partial charge >= 0.3 is 0 Å². The van der Waals surface area contributed by atoms with Crippen LogP contribution in [0.2, 0.25) is 5.15 Å². The molecule has 5 heteroatoms. The third-order valence-corrected chi connectivity index (χ3v) is 3.01. The third-order valence-electron chi connectivity index (χ3n) is 1.89. The van der Waals surface area contributed by atoms with E-state index < -0.39 is 0 Å². The van der Waals surface area contributed by atoms with Crippen molar-refractivity contribution in [3.8, 4) is 0 Å². The summed E-state index contributed by atoms with van der Waals surface area (Å²) in [4.78, 5) is 8.33. The maximum Gasteiger partial charge on any atom is 0.152 e. The zero-order chi connectivity index (χ0) is 10.7. The molecular weight excluding hydrogens is 230 g/mol. The lowest BCUT2D eigenvalue weighted by Gasteiger charge is -2.04. The zero-order valence-electron chi connectivity index (χ0n) is 8.20. The van der Waals surface area contributed by atoms with Gasteiger partial charge in [-0.3, -0.25) is 0 Å². The summed E-state index contributed by atoms with van der Waals surface area (Å²) in [6.45, 7) is 2.67. The molecule has 0 radical (unpaired) electrons. The molecule has 0 fully saturated rings. The fraction of sp³-hybridized carbons (Fsp3) is 0.200. The monoisotopic (exact) mass is 239 g/mol. The molecule has 3 nitrogen and oxygen atoms in total. The minimum atomic E-state index is 0.490. The fourth-order valence-electron chi connectivity index (χ4n) is 1.19. The lowest BCUT2D eigenvalue weighted by molar-refractivity contribution is 1.05. The largest absolute Gasteiger partial charge is 0.377 e. The summed E-state index contributed by atoms with van der Waals surface area (Å²) >= 11 is 7.55. The van der Waals surface area contributed by atoms with Crippen molar-refractivity contribution < 1.29 is 0 Å². The van der Waals surface area contributed by atoms with E-state index in [4.69, 9.17) is 11.6 Å². The van der Waals surface area contributed by atoms with E-state index in [1.54, 1.807) is 17.5 Å². The second-order valence-electron chi connectivity index (χ2n) is 3.05. The number of nitrogens with one attached hydrogen (secondary N) is 1. The average molecular weight is 240 g/mol. The SMILES string of the molecule is Cc1nc(CNc2cccnc2Cl)cs1. The number of hydrogen-bond donors (Lipinski definition) is 1. The van der Waals surface area contributed by atoms with Gasteiger partial charge in [0.05, 0.1) is 22.9 Å². The van der Waals surface area contributed by atoms with Gasteiger partial charge in [0, 0.05) is 11.6 Å². The molecule has 2 rings (SSSR count). The van der Waals surface area contributed by atoms with Crippen LogP contribution in [0.3, 0.4) is 0 Å². The number of nitrogens with zero attached hydrogens (tertiary/aromatic N) is 2. The number of pyridine rings is 1. The van der Waals surface area contributed by atoms with E-state index in [-0.39, 0.29) is 0 Å². The highest BCUT2D eigenvalue weighted by Crippen LogP contribution is 2.18. The van der Waals surface area contributed by atoms with Crippen LogP contribution in [0.5, 0.6) is 0 Å². The number of aromatic nitrogens is 2. The number of hydrogen-bond acceptors (Lipinski definition) is 4. The Hall–Kier alpha value is -1.13. The van der Waals surface area contributed by atoms with Crippen LogP contribution in [-0.4, -0.2) is 9.97 Å². The molecule has 0 bridgehead atoms. The lowest BCUT2D eigenvalue weighted by atomic mass is 10.4. The molecule has 0 saturated carbocycles. The highest BCUT2D eigenvalue weighted by Gasteiger charge is 2.01. The van der Waals surface area contributed by atoms with Crippen molar-refractivity contribution in [2.75, 3.05) is 5.32 Å². The Bertz CT molecular complexity index is 455. The van der Waals surface area contributed by atoms with Gasteiger partial charge in [-0.1, -0.05) is 11.6 Å². The van der Waals surface area contributed by atoms with Gasteiger partial charge in [-0.2, -0.15) is 0 Å². The number of thiazole rings is 1. The normalized spacial score (nSPS) is 10.3. The van der Waals surface area contributed by atoms with Crippen LogP contribution < -0.4 is 5.32 Å². The summed E-state index contributed by atoms with van der Waals surface area (Å²) in [6.07, 6.45) is 1.67. The van der Waals surface area contributed by atoms with Crippen LogP contribution in [0, 0.1) is 6.92 Å². The smallest absolute Gasteiger partial charge is 0.152 e. The summed E-state index contributed by atoms with van der Waals surface area (Å²) in [5.74, 6) is 0. The summed E-state index contributed by atoms with van der Waals surface area (Å²) in [5, 5.41) is 6.79. The minimum Gasteiger partial charge on any atom is -0.377 e. The first kappa shape index (κ1) is 10.4. The number of anilines is 1. The van der Waals surface area contributed by atoms with Crippen molar-refractivity contribution in [2.24, 2.45) is 0 Å². The van der Waals surface area contributed by atoms with E-state index in [2.05, 4.69) is 15.3 Å². The number of halogens is 1. The van der Waals surface area contributed by atoms with Crippen LogP contribution >= 0.6 is 22.9 Å². The summed E-state index contributed by atoms with van der Waals surface area (Å²) in [7, 11) is 0. The number of rotatable bonds is 3. The van der Waals surface area contributed by atoms with E-state index >= 15 is 0 Å². The van der Waals surface area contributed by atoms with Gasteiger partial charge in [0.25, 0.3) is 0 Å².